The number of nitrogen functional groups attached to an aromatic ring is 1. The molecule has 0 amide bonds. The molecule has 0 spiro atoms. The average Bonchev–Trinajstić information content (AvgIpc) is 3.54. The first-order valence-corrected chi connectivity index (χ1v) is 13.7. The molecule has 6 heterocycles. The molecule has 4 aromatic heterocycles. The molecule has 0 radical (unpaired) electrons. The van der Waals surface area contributed by atoms with Gasteiger partial charge in [0, 0.05) is 50.4 Å². The molecule has 0 bridgehead atoms. The fourth-order valence-corrected chi connectivity index (χ4v) is 5.72. The number of aromatic amines is 1. The molecule has 42 heavy (non-hydrogen) atoms. The highest BCUT2D eigenvalue weighted by Gasteiger charge is 2.32. The quantitative estimate of drug-likeness (QED) is 0.294. The van der Waals surface area contributed by atoms with Crippen molar-refractivity contribution in [3.05, 3.63) is 88.5 Å². The van der Waals surface area contributed by atoms with Crippen molar-refractivity contribution in [3.8, 4) is 17.3 Å². The fourth-order valence-electron chi connectivity index (χ4n) is 5.72. The van der Waals surface area contributed by atoms with E-state index in [4.69, 9.17) is 15.5 Å². The summed E-state index contributed by atoms with van der Waals surface area (Å²) in [6, 6.07) is 9.40. The number of nitrogens with one attached hydrogen (secondary N) is 1. The number of ketones is 1. The predicted molar refractivity (Wildman–Crippen MR) is 152 cm³/mol. The van der Waals surface area contributed by atoms with Gasteiger partial charge in [-0.15, -0.1) is 0 Å². The molecule has 5 aromatic rings. The molecule has 7 rings (SSSR count). The Balaban J connectivity index is 1.12. The van der Waals surface area contributed by atoms with Gasteiger partial charge in [0.25, 0.3) is 0 Å². The van der Waals surface area contributed by atoms with Crippen LogP contribution in [0.25, 0.3) is 16.7 Å². The van der Waals surface area contributed by atoms with Gasteiger partial charge in [0.05, 0.1) is 40.4 Å². The van der Waals surface area contributed by atoms with Crippen LogP contribution in [-0.4, -0.2) is 73.0 Å². The number of halogens is 2. The maximum Gasteiger partial charge on any atom is 0.219 e. The van der Waals surface area contributed by atoms with Crippen LogP contribution < -0.4 is 10.5 Å². The van der Waals surface area contributed by atoms with E-state index >= 15 is 0 Å². The number of ether oxygens (including phenoxy) is 1. The molecule has 10 nitrogen and oxygen atoms in total. The number of pyridine rings is 2. The molecular weight excluding hydrogens is 542 g/mol. The van der Waals surface area contributed by atoms with Gasteiger partial charge in [-0.1, -0.05) is 6.07 Å². The number of aromatic nitrogens is 5. The van der Waals surface area contributed by atoms with Gasteiger partial charge in [0.15, 0.2) is 11.6 Å². The van der Waals surface area contributed by atoms with Gasteiger partial charge >= 0.3 is 0 Å². The Morgan fingerprint density at radius 1 is 1.14 bits per heavy atom. The molecule has 1 fully saturated rings. The SMILES string of the molecule is Cc1cc(Oc2c(F)cccc2F)ncc1-n1ncc(C(=O)c2cc3nc4c(cc3[nH]2)CN(C2CN(C)C2)CC4)c1N. The Morgan fingerprint density at radius 2 is 1.93 bits per heavy atom. The molecule has 1 saturated heterocycles. The van der Waals surface area contributed by atoms with Crippen LogP contribution in [0.2, 0.25) is 0 Å². The first-order valence-electron chi connectivity index (χ1n) is 13.7. The maximum atomic E-state index is 14.0. The van der Waals surface area contributed by atoms with Gasteiger partial charge in [0.1, 0.15) is 5.82 Å². The number of benzene rings is 1. The number of carbonyl (C=O) groups is 1. The van der Waals surface area contributed by atoms with E-state index < -0.39 is 17.4 Å². The zero-order chi connectivity index (χ0) is 29.1. The molecule has 0 saturated carbocycles. The summed E-state index contributed by atoms with van der Waals surface area (Å²) >= 11 is 0. The lowest BCUT2D eigenvalue weighted by atomic mass is 10.00. The number of nitrogens with zero attached hydrogens (tertiary/aromatic N) is 6. The van der Waals surface area contributed by atoms with Crippen molar-refractivity contribution in [1.82, 2.24) is 34.5 Å². The number of likely N-dealkylation sites (tertiary alicyclic amines) is 1. The van der Waals surface area contributed by atoms with Crippen LogP contribution in [0.5, 0.6) is 11.6 Å². The first kappa shape index (κ1) is 26.2. The van der Waals surface area contributed by atoms with Crippen molar-refractivity contribution in [1.29, 1.82) is 0 Å². The number of anilines is 1. The van der Waals surface area contributed by atoms with E-state index in [2.05, 4.69) is 38.0 Å². The van der Waals surface area contributed by atoms with E-state index in [9.17, 15) is 13.6 Å². The largest absolute Gasteiger partial charge is 0.433 e. The van der Waals surface area contributed by atoms with Crippen LogP contribution in [0.15, 0.2) is 48.8 Å². The predicted octanol–water partition coefficient (Wildman–Crippen LogP) is 4.01. The average molecular weight is 571 g/mol. The Hall–Kier alpha value is -4.68. The molecule has 3 N–H and O–H groups in total. The summed E-state index contributed by atoms with van der Waals surface area (Å²) in [6.45, 7) is 5.76. The van der Waals surface area contributed by atoms with Gasteiger partial charge in [0.2, 0.25) is 17.4 Å². The Bertz CT molecular complexity index is 1840. The van der Waals surface area contributed by atoms with Crippen LogP contribution >= 0.6 is 0 Å². The third kappa shape index (κ3) is 4.48. The zero-order valence-electron chi connectivity index (χ0n) is 23.1. The minimum atomic E-state index is -0.839. The van der Waals surface area contributed by atoms with Crippen molar-refractivity contribution in [2.24, 2.45) is 0 Å². The summed E-state index contributed by atoms with van der Waals surface area (Å²) in [6.07, 6.45) is 3.71. The summed E-state index contributed by atoms with van der Waals surface area (Å²) in [4.78, 5) is 30.6. The zero-order valence-corrected chi connectivity index (χ0v) is 23.1. The van der Waals surface area contributed by atoms with Crippen LogP contribution in [0.1, 0.15) is 32.9 Å². The van der Waals surface area contributed by atoms with E-state index in [-0.39, 0.29) is 23.0 Å². The lowest BCUT2D eigenvalue weighted by Gasteiger charge is -2.45. The van der Waals surface area contributed by atoms with E-state index in [1.807, 2.05) is 0 Å². The molecule has 0 unspecified atom stereocenters. The molecule has 12 heteroatoms. The second-order valence-electron chi connectivity index (χ2n) is 11.0. The molecule has 0 atom stereocenters. The number of fused-ring (bicyclic) bond motifs is 2. The normalized spacial score (nSPS) is 16.0. The van der Waals surface area contributed by atoms with Gasteiger partial charge in [-0.05, 0) is 49.4 Å². The maximum absolute atomic E-state index is 14.0. The van der Waals surface area contributed by atoms with E-state index in [0.717, 1.165) is 61.5 Å². The number of hydrogen-bond acceptors (Lipinski definition) is 8. The van der Waals surface area contributed by atoms with Crippen molar-refractivity contribution in [2.75, 3.05) is 32.4 Å². The molecule has 2 aliphatic rings. The van der Waals surface area contributed by atoms with Gasteiger partial charge in [-0.25, -0.2) is 18.4 Å². The molecular formula is C30H28F2N8O2. The molecule has 2 aliphatic heterocycles. The molecule has 0 aliphatic carbocycles. The minimum Gasteiger partial charge on any atom is -0.433 e. The Labute approximate surface area is 239 Å². The number of para-hydroxylation sites is 1. The number of H-pyrrole nitrogens is 1. The third-order valence-electron chi connectivity index (χ3n) is 8.05. The van der Waals surface area contributed by atoms with Crippen molar-refractivity contribution in [3.63, 3.8) is 0 Å². The lowest BCUT2D eigenvalue weighted by molar-refractivity contribution is 0.0431. The third-order valence-corrected chi connectivity index (χ3v) is 8.05. The number of likely N-dealkylation sites (N-methyl/N-ethyl adjacent to an activating group) is 1. The standard InChI is InChI=1S/C30H28F2N8O2/c1-16-8-27(42-29-20(31)4-3-5-21(29)32)34-12-26(16)40-30(33)19(11-35-40)28(41)25-10-24-23(37-25)9-17-13-39(7-6-22(17)36-24)18-14-38(2)15-18/h3-5,8-12,18,37H,6-7,13-15,33H2,1-2H3. The summed E-state index contributed by atoms with van der Waals surface area (Å²) in [5.41, 5.74) is 11.9. The topological polar surface area (TPSA) is 118 Å². The number of nitrogens with two attached hydrogens (primary N) is 1. The number of rotatable bonds is 6. The Kier molecular flexibility index (Phi) is 6.24. The summed E-state index contributed by atoms with van der Waals surface area (Å²) in [5, 5.41) is 4.33. The first-order chi connectivity index (χ1) is 20.2. The number of hydrogen-bond donors (Lipinski definition) is 2. The van der Waals surface area contributed by atoms with Crippen LogP contribution in [0.3, 0.4) is 0 Å². The lowest BCUT2D eigenvalue weighted by Crippen LogP contribution is -2.58. The van der Waals surface area contributed by atoms with E-state index in [1.54, 1.807) is 13.0 Å². The van der Waals surface area contributed by atoms with Gasteiger partial charge in [-0.2, -0.15) is 5.10 Å². The molecule has 1 aromatic carbocycles. The van der Waals surface area contributed by atoms with E-state index in [1.165, 1.54) is 34.8 Å². The Morgan fingerprint density at radius 3 is 2.67 bits per heavy atom. The monoisotopic (exact) mass is 570 g/mol. The highest BCUT2D eigenvalue weighted by Crippen LogP contribution is 2.30. The number of aryl methyl sites for hydroxylation is 1. The van der Waals surface area contributed by atoms with Crippen LogP contribution in [0.4, 0.5) is 14.6 Å². The summed E-state index contributed by atoms with van der Waals surface area (Å²) < 4.78 is 34.8. The van der Waals surface area contributed by atoms with Crippen molar-refractivity contribution in [2.45, 2.75) is 25.9 Å². The number of carbonyl (C=O) groups excluding carboxylic acids is 1. The summed E-state index contributed by atoms with van der Waals surface area (Å²) in [7, 11) is 2.13. The minimum absolute atomic E-state index is 0.00121. The van der Waals surface area contributed by atoms with Crippen molar-refractivity contribution < 1.29 is 18.3 Å². The van der Waals surface area contributed by atoms with E-state index in [0.29, 0.717) is 23.0 Å². The summed E-state index contributed by atoms with van der Waals surface area (Å²) in [5.74, 6) is -2.40. The highest BCUT2D eigenvalue weighted by molar-refractivity contribution is 6.12. The van der Waals surface area contributed by atoms with Gasteiger partial charge < -0.3 is 20.4 Å². The fraction of sp³-hybridized carbons (Fsp3) is 0.267. The molecule has 214 valence electrons. The van der Waals surface area contributed by atoms with Crippen molar-refractivity contribution >= 4 is 22.6 Å². The van der Waals surface area contributed by atoms with Crippen LogP contribution in [-0.2, 0) is 13.0 Å². The van der Waals surface area contributed by atoms with Crippen LogP contribution in [0, 0.1) is 18.6 Å². The van der Waals surface area contributed by atoms with Gasteiger partial charge in [-0.3, -0.25) is 14.7 Å². The smallest absolute Gasteiger partial charge is 0.219 e. The second-order valence-corrected chi connectivity index (χ2v) is 11.0. The highest BCUT2D eigenvalue weighted by atomic mass is 19.1. The second kappa shape index (κ2) is 10.00.